The van der Waals surface area contributed by atoms with Gasteiger partial charge < -0.3 is 19.5 Å². The zero-order chi connectivity index (χ0) is 22.2. The number of nitriles is 1. The average molecular weight is 442 g/mol. The van der Waals surface area contributed by atoms with Crippen molar-refractivity contribution in [1.29, 1.82) is 5.26 Å². The molecule has 1 aliphatic rings. The van der Waals surface area contributed by atoms with Crippen molar-refractivity contribution in [3.8, 4) is 11.8 Å². The minimum Gasteiger partial charge on any atom is -0.481 e. The van der Waals surface area contributed by atoms with Gasteiger partial charge in [-0.2, -0.15) is 5.26 Å². The molecule has 0 bridgehead atoms. The molecule has 0 saturated carbocycles. The third-order valence-electron chi connectivity index (χ3n) is 4.62. The second-order valence-corrected chi connectivity index (χ2v) is 7.85. The normalized spacial score (nSPS) is 12.3. The van der Waals surface area contributed by atoms with E-state index in [1.165, 1.54) is 11.3 Å². The molecule has 0 saturated heterocycles. The molecule has 1 N–H and O–H groups in total. The number of hydrogen-bond acceptors (Lipinski definition) is 8. The van der Waals surface area contributed by atoms with Gasteiger partial charge >= 0.3 is 11.9 Å². The Labute approximate surface area is 183 Å². The van der Waals surface area contributed by atoms with Crippen molar-refractivity contribution in [2.75, 3.05) is 25.1 Å². The second-order valence-electron chi connectivity index (χ2n) is 6.74. The van der Waals surface area contributed by atoms with E-state index in [1.54, 1.807) is 31.2 Å². The molecule has 1 aromatic heterocycles. The van der Waals surface area contributed by atoms with Gasteiger partial charge in [0, 0.05) is 4.88 Å². The second kappa shape index (κ2) is 10.6. The molecule has 1 amide bonds. The molecule has 0 atom stereocenters. The third kappa shape index (κ3) is 5.61. The Morgan fingerprint density at radius 1 is 1.13 bits per heavy atom. The monoisotopic (exact) mass is 442 g/mol. The van der Waals surface area contributed by atoms with Crippen molar-refractivity contribution < 1.29 is 28.6 Å². The summed E-state index contributed by atoms with van der Waals surface area (Å²) in [5, 5.41) is 12.1. The summed E-state index contributed by atoms with van der Waals surface area (Å²) in [5.41, 5.74) is 1.63. The smallest absolute Gasteiger partial charge is 0.344 e. The molecule has 3 rings (SSSR count). The number of para-hydroxylation sites is 1. The number of fused-ring (bicyclic) bond motifs is 1. The molecule has 31 heavy (non-hydrogen) atoms. The van der Waals surface area contributed by atoms with Crippen LogP contribution in [-0.4, -0.2) is 37.7 Å². The number of nitrogens with zero attached hydrogens (tertiary/aromatic N) is 1. The first-order valence-corrected chi connectivity index (χ1v) is 10.7. The van der Waals surface area contributed by atoms with E-state index in [2.05, 4.69) is 5.32 Å². The topological polar surface area (TPSA) is 115 Å². The molecule has 8 nitrogen and oxygen atoms in total. The Morgan fingerprint density at radius 3 is 2.68 bits per heavy atom. The van der Waals surface area contributed by atoms with Crippen LogP contribution in [-0.2, 0) is 31.9 Å². The molecule has 0 spiro atoms. The van der Waals surface area contributed by atoms with E-state index >= 15 is 0 Å². The van der Waals surface area contributed by atoms with E-state index < -0.39 is 31.1 Å². The number of carbonyl (C=O) groups excluding carboxylic acids is 3. The van der Waals surface area contributed by atoms with Crippen LogP contribution in [0.3, 0.4) is 0 Å². The first-order chi connectivity index (χ1) is 15.0. The van der Waals surface area contributed by atoms with Gasteiger partial charge in [0.1, 0.15) is 16.8 Å². The van der Waals surface area contributed by atoms with Crippen LogP contribution in [0.15, 0.2) is 24.3 Å². The number of amides is 1. The maximum Gasteiger partial charge on any atom is 0.344 e. The van der Waals surface area contributed by atoms with Crippen LogP contribution in [0.1, 0.15) is 46.1 Å². The number of nitrogens with one attached hydrogen (secondary N) is 1. The molecule has 162 valence electrons. The van der Waals surface area contributed by atoms with Gasteiger partial charge in [-0.1, -0.05) is 12.1 Å². The van der Waals surface area contributed by atoms with E-state index in [1.807, 2.05) is 6.07 Å². The van der Waals surface area contributed by atoms with Gasteiger partial charge in [0.15, 0.2) is 13.2 Å². The van der Waals surface area contributed by atoms with Crippen molar-refractivity contribution in [2.45, 2.75) is 32.6 Å². The highest BCUT2D eigenvalue weighted by atomic mass is 32.1. The van der Waals surface area contributed by atoms with Crippen LogP contribution in [0.25, 0.3) is 0 Å². The lowest BCUT2D eigenvalue weighted by Gasteiger charge is -2.12. The maximum absolute atomic E-state index is 12.4. The minimum atomic E-state index is -0.751. The highest BCUT2D eigenvalue weighted by Crippen LogP contribution is 2.38. The summed E-state index contributed by atoms with van der Waals surface area (Å²) in [6.45, 7) is 1.01. The summed E-state index contributed by atoms with van der Waals surface area (Å²) in [6, 6.07) is 8.45. The van der Waals surface area contributed by atoms with Crippen molar-refractivity contribution in [2.24, 2.45) is 0 Å². The fourth-order valence-electron chi connectivity index (χ4n) is 3.25. The molecule has 0 aliphatic heterocycles. The Kier molecular flexibility index (Phi) is 7.62. The van der Waals surface area contributed by atoms with Gasteiger partial charge in [-0.15, -0.1) is 11.3 Å². The summed E-state index contributed by atoms with van der Waals surface area (Å²) in [7, 11) is 0. The number of thiophene rings is 1. The summed E-state index contributed by atoms with van der Waals surface area (Å²) >= 11 is 1.36. The van der Waals surface area contributed by atoms with E-state index in [0.29, 0.717) is 16.1 Å². The number of carbonyl (C=O) groups is 3. The van der Waals surface area contributed by atoms with Gasteiger partial charge in [0.25, 0.3) is 5.91 Å². The van der Waals surface area contributed by atoms with Gasteiger partial charge in [-0.25, -0.2) is 9.59 Å². The summed E-state index contributed by atoms with van der Waals surface area (Å²) in [4.78, 5) is 37.7. The van der Waals surface area contributed by atoms with Crippen LogP contribution >= 0.6 is 11.3 Å². The Balaban J connectivity index is 1.57. The number of benzene rings is 1. The first kappa shape index (κ1) is 22.3. The number of aryl methyl sites for hydroxylation is 1. The van der Waals surface area contributed by atoms with Crippen molar-refractivity contribution in [1.82, 2.24) is 0 Å². The number of anilines is 1. The Bertz CT molecular complexity index is 1020. The van der Waals surface area contributed by atoms with Crippen LogP contribution in [0, 0.1) is 11.3 Å². The van der Waals surface area contributed by atoms with Crippen LogP contribution < -0.4 is 10.1 Å². The maximum atomic E-state index is 12.4. The standard InChI is InChI=1S/C22H22N2O6S/c1-2-28-22(27)20-15-8-4-6-10-17(15)31-21(20)24-18(25)12-30-19(26)13-29-16-9-5-3-7-14(16)11-23/h3,5,7,9H,2,4,6,8,10,12-13H2,1H3,(H,24,25). The summed E-state index contributed by atoms with van der Waals surface area (Å²) < 4.78 is 15.4. The number of hydrogen-bond donors (Lipinski definition) is 1. The SMILES string of the molecule is CCOC(=O)c1c(NC(=O)COC(=O)COc2ccccc2C#N)sc2c1CCCC2. The zero-order valence-electron chi connectivity index (χ0n) is 17.1. The van der Waals surface area contributed by atoms with Crippen LogP contribution in [0.5, 0.6) is 5.75 Å². The molecular weight excluding hydrogens is 420 g/mol. The van der Waals surface area contributed by atoms with E-state index in [-0.39, 0.29) is 12.4 Å². The summed E-state index contributed by atoms with van der Waals surface area (Å²) in [5.74, 6) is -1.51. The zero-order valence-corrected chi connectivity index (χ0v) is 17.9. The van der Waals surface area contributed by atoms with Gasteiger partial charge in [-0.05, 0) is 50.3 Å². The van der Waals surface area contributed by atoms with Gasteiger partial charge in [0.2, 0.25) is 0 Å². The highest BCUT2D eigenvalue weighted by Gasteiger charge is 2.27. The highest BCUT2D eigenvalue weighted by molar-refractivity contribution is 7.17. The number of rotatable bonds is 8. The Hall–Kier alpha value is -3.38. The summed E-state index contributed by atoms with van der Waals surface area (Å²) in [6.07, 6.45) is 3.65. The van der Waals surface area contributed by atoms with E-state index in [0.717, 1.165) is 36.1 Å². The lowest BCUT2D eigenvalue weighted by molar-refractivity contribution is -0.149. The molecule has 0 radical (unpaired) electrons. The average Bonchev–Trinajstić information content (AvgIpc) is 3.14. The lowest BCUT2D eigenvalue weighted by Crippen LogP contribution is -2.24. The predicted molar refractivity (Wildman–Crippen MR) is 113 cm³/mol. The molecular formula is C22H22N2O6S. The first-order valence-electron chi connectivity index (χ1n) is 9.92. The fraction of sp³-hybridized carbons (Fsp3) is 0.364. The Morgan fingerprint density at radius 2 is 1.90 bits per heavy atom. The van der Waals surface area contributed by atoms with Crippen molar-refractivity contribution >= 4 is 34.2 Å². The third-order valence-corrected chi connectivity index (χ3v) is 5.83. The minimum absolute atomic E-state index is 0.239. The predicted octanol–water partition coefficient (Wildman–Crippen LogP) is 3.24. The fourth-order valence-corrected chi connectivity index (χ4v) is 4.54. The number of ether oxygens (including phenoxy) is 3. The largest absolute Gasteiger partial charge is 0.481 e. The number of esters is 2. The van der Waals surface area contributed by atoms with Crippen molar-refractivity contribution in [3.63, 3.8) is 0 Å². The molecule has 0 fully saturated rings. The quantitative estimate of drug-likeness (QED) is 0.624. The lowest BCUT2D eigenvalue weighted by atomic mass is 9.95. The van der Waals surface area contributed by atoms with E-state index in [9.17, 15) is 14.4 Å². The molecule has 0 unspecified atom stereocenters. The molecule has 9 heteroatoms. The molecule has 2 aromatic rings. The van der Waals surface area contributed by atoms with E-state index in [4.69, 9.17) is 19.5 Å². The molecule has 1 aliphatic carbocycles. The van der Waals surface area contributed by atoms with Crippen molar-refractivity contribution in [3.05, 3.63) is 45.8 Å². The molecule has 1 heterocycles. The van der Waals surface area contributed by atoms with Gasteiger partial charge in [-0.3, -0.25) is 4.79 Å². The van der Waals surface area contributed by atoms with Gasteiger partial charge in [0.05, 0.1) is 17.7 Å². The van der Waals surface area contributed by atoms with Crippen LogP contribution in [0.4, 0.5) is 5.00 Å². The van der Waals surface area contributed by atoms with Crippen LogP contribution in [0.2, 0.25) is 0 Å². The molecule has 1 aromatic carbocycles.